The molecule has 0 bridgehead atoms. The van der Waals surface area contributed by atoms with E-state index in [1.165, 1.54) is 33.0 Å². The first-order valence-electron chi connectivity index (χ1n) is 10.8. The van der Waals surface area contributed by atoms with Crippen molar-refractivity contribution in [1.29, 1.82) is 0 Å². The van der Waals surface area contributed by atoms with Crippen LogP contribution in [0.25, 0.3) is 0 Å². The van der Waals surface area contributed by atoms with E-state index < -0.39 is 0 Å². The van der Waals surface area contributed by atoms with E-state index in [0.29, 0.717) is 12.0 Å². The molecule has 0 amide bonds. The van der Waals surface area contributed by atoms with E-state index in [-0.39, 0.29) is 35.9 Å². The number of ether oxygens (including phenoxy) is 1. The predicted molar refractivity (Wildman–Crippen MR) is 126 cm³/mol. The molecule has 7 heteroatoms. The Morgan fingerprint density at radius 1 is 1.14 bits per heavy atom. The smallest absolute Gasteiger partial charge is 0.308 e. The van der Waals surface area contributed by atoms with E-state index in [9.17, 15) is 4.79 Å². The van der Waals surface area contributed by atoms with Gasteiger partial charge in [0, 0.05) is 25.7 Å². The van der Waals surface area contributed by atoms with Crippen LogP contribution in [0.4, 0.5) is 0 Å². The quantitative estimate of drug-likeness (QED) is 0.259. The second kappa shape index (κ2) is 12.9. The maximum atomic E-state index is 11.8. The maximum Gasteiger partial charge on any atom is 0.308 e. The van der Waals surface area contributed by atoms with E-state index >= 15 is 0 Å². The Balaban J connectivity index is 0.00000392. The topological polar surface area (TPSA) is 57.2 Å². The zero-order valence-corrected chi connectivity index (χ0v) is 20.8. The van der Waals surface area contributed by atoms with E-state index in [1.807, 2.05) is 0 Å². The minimum absolute atomic E-state index is 0. The van der Waals surface area contributed by atoms with Gasteiger partial charge >= 0.3 is 5.97 Å². The van der Waals surface area contributed by atoms with Gasteiger partial charge in [-0.2, -0.15) is 0 Å². The zero-order valence-electron chi connectivity index (χ0n) is 18.4. The van der Waals surface area contributed by atoms with Crippen molar-refractivity contribution >= 4 is 35.9 Å². The highest BCUT2D eigenvalue weighted by Gasteiger charge is 2.28. The number of carbonyl (C=O) groups is 1. The van der Waals surface area contributed by atoms with Crippen LogP contribution in [0.2, 0.25) is 0 Å². The molecule has 0 aromatic carbocycles. The number of likely N-dealkylation sites (tertiary alicyclic amines) is 2. The number of aliphatic imine (C=N–C) groups is 1. The molecular weight excluding hydrogens is 467 g/mol. The van der Waals surface area contributed by atoms with Crippen LogP contribution in [0.15, 0.2) is 4.99 Å². The Kier molecular flexibility index (Phi) is 11.7. The molecule has 0 radical (unpaired) electrons. The summed E-state index contributed by atoms with van der Waals surface area (Å²) in [6.45, 7) is 14.9. The fourth-order valence-electron chi connectivity index (χ4n) is 4.21. The maximum absolute atomic E-state index is 11.8. The van der Waals surface area contributed by atoms with Gasteiger partial charge in [-0.15, -0.1) is 24.0 Å². The largest absolute Gasteiger partial charge is 0.469 e. The van der Waals surface area contributed by atoms with Crippen LogP contribution in [0.1, 0.15) is 53.4 Å². The molecule has 2 saturated heterocycles. The van der Waals surface area contributed by atoms with Crippen LogP contribution in [0, 0.1) is 17.8 Å². The standard InChI is InChI=1S/C21H40N4O2.HI/c1-6-22-21(25-13-9-18(10-14-25)20(26)27-5)23-15-19(16(2)3)24-11-7-17(4)8-12-24;/h16-19H,6-15H2,1-5H3,(H,22,23);1H. The molecule has 6 nitrogen and oxygen atoms in total. The molecule has 2 aliphatic rings. The molecule has 0 aliphatic carbocycles. The van der Waals surface area contributed by atoms with Crippen LogP contribution in [-0.4, -0.2) is 74.1 Å². The predicted octanol–water partition coefficient (Wildman–Crippen LogP) is 3.21. The van der Waals surface area contributed by atoms with Gasteiger partial charge < -0.3 is 15.0 Å². The molecule has 1 atom stereocenters. The highest BCUT2D eigenvalue weighted by molar-refractivity contribution is 14.0. The van der Waals surface area contributed by atoms with Crippen molar-refractivity contribution in [1.82, 2.24) is 15.1 Å². The van der Waals surface area contributed by atoms with Gasteiger partial charge in [0.1, 0.15) is 0 Å². The van der Waals surface area contributed by atoms with Crippen molar-refractivity contribution in [3.8, 4) is 0 Å². The van der Waals surface area contributed by atoms with Crippen molar-refractivity contribution in [2.75, 3.05) is 46.4 Å². The minimum atomic E-state index is -0.0733. The first-order chi connectivity index (χ1) is 13.0. The number of hydrogen-bond donors (Lipinski definition) is 1. The van der Waals surface area contributed by atoms with Gasteiger partial charge in [-0.05, 0) is 57.5 Å². The van der Waals surface area contributed by atoms with E-state index in [1.54, 1.807) is 0 Å². The van der Waals surface area contributed by atoms with Crippen molar-refractivity contribution < 1.29 is 9.53 Å². The molecule has 0 aromatic rings. The Morgan fingerprint density at radius 3 is 2.25 bits per heavy atom. The SMILES string of the molecule is CCNC(=NCC(C(C)C)N1CCC(C)CC1)N1CCC(C(=O)OC)CC1.I. The van der Waals surface area contributed by atoms with E-state index in [4.69, 9.17) is 9.73 Å². The summed E-state index contributed by atoms with van der Waals surface area (Å²) >= 11 is 0. The lowest BCUT2D eigenvalue weighted by molar-refractivity contribution is -0.146. The van der Waals surface area contributed by atoms with E-state index in [0.717, 1.165) is 50.9 Å². The van der Waals surface area contributed by atoms with Crippen molar-refractivity contribution in [3.63, 3.8) is 0 Å². The molecular formula is C21H41IN4O2. The van der Waals surface area contributed by atoms with Crippen LogP contribution in [0.5, 0.6) is 0 Å². The highest BCUT2D eigenvalue weighted by Crippen LogP contribution is 2.22. The number of piperidine rings is 2. The number of hydrogen-bond acceptors (Lipinski definition) is 4. The van der Waals surface area contributed by atoms with Gasteiger partial charge in [-0.1, -0.05) is 20.8 Å². The van der Waals surface area contributed by atoms with Crippen molar-refractivity contribution in [2.24, 2.45) is 22.7 Å². The van der Waals surface area contributed by atoms with E-state index in [2.05, 4.69) is 42.8 Å². The number of methoxy groups -OCH3 is 1. The third kappa shape index (κ3) is 7.35. The molecule has 1 unspecified atom stereocenters. The summed E-state index contributed by atoms with van der Waals surface area (Å²) < 4.78 is 4.90. The third-order valence-electron chi connectivity index (χ3n) is 6.15. The number of guanidine groups is 1. The first-order valence-corrected chi connectivity index (χ1v) is 10.8. The van der Waals surface area contributed by atoms with Crippen LogP contribution in [0.3, 0.4) is 0 Å². The average Bonchev–Trinajstić information content (AvgIpc) is 2.68. The number of rotatable bonds is 6. The number of nitrogens with zero attached hydrogens (tertiary/aromatic N) is 3. The van der Waals surface area contributed by atoms with Gasteiger partial charge in [0.25, 0.3) is 0 Å². The molecule has 164 valence electrons. The molecule has 2 rings (SSSR count). The first kappa shape index (κ1) is 25.5. The summed E-state index contributed by atoms with van der Waals surface area (Å²) in [5.41, 5.74) is 0. The molecule has 28 heavy (non-hydrogen) atoms. The van der Waals surface area contributed by atoms with Crippen molar-refractivity contribution in [2.45, 2.75) is 59.4 Å². The van der Waals surface area contributed by atoms with Crippen molar-refractivity contribution in [3.05, 3.63) is 0 Å². The molecule has 2 heterocycles. The molecule has 0 saturated carbocycles. The fraction of sp³-hybridized carbons (Fsp3) is 0.905. The summed E-state index contributed by atoms with van der Waals surface area (Å²) in [7, 11) is 1.48. The summed E-state index contributed by atoms with van der Waals surface area (Å²) in [6.07, 6.45) is 4.28. The second-order valence-electron chi connectivity index (χ2n) is 8.51. The van der Waals surface area contributed by atoms with Gasteiger partial charge in [0.2, 0.25) is 0 Å². The van der Waals surface area contributed by atoms with Gasteiger partial charge in [-0.25, -0.2) is 0 Å². The molecule has 0 spiro atoms. The zero-order chi connectivity index (χ0) is 19.8. The monoisotopic (exact) mass is 508 g/mol. The molecule has 2 aliphatic heterocycles. The fourth-order valence-corrected chi connectivity index (χ4v) is 4.21. The Labute approximate surface area is 188 Å². The third-order valence-corrected chi connectivity index (χ3v) is 6.15. The summed E-state index contributed by atoms with van der Waals surface area (Å²) in [5, 5.41) is 3.46. The summed E-state index contributed by atoms with van der Waals surface area (Å²) in [4.78, 5) is 21.7. The van der Waals surface area contributed by atoms with Crippen LogP contribution >= 0.6 is 24.0 Å². The average molecular weight is 508 g/mol. The lowest BCUT2D eigenvalue weighted by Crippen LogP contribution is -2.49. The number of esters is 1. The number of halogens is 1. The van der Waals surface area contributed by atoms with Gasteiger partial charge in [0.15, 0.2) is 5.96 Å². The minimum Gasteiger partial charge on any atom is -0.469 e. The Bertz CT molecular complexity index is 485. The lowest BCUT2D eigenvalue weighted by atomic mass is 9.94. The number of carbonyl (C=O) groups excluding carboxylic acids is 1. The molecule has 0 aromatic heterocycles. The summed E-state index contributed by atoms with van der Waals surface area (Å²) in [6, 6.07) is 0.499. The normalized spacial score (nSPS) is 21.4. The van der Waals surface area contributed by atoms with Crippen LogP contribution in [-0.2, 0) is 9.53 Å². The van der Waals surface area contributed by atoms with Gasteiger partial charge in [-0.3, -0.25) is 14.7 Å². The number of nitrogens with one attached hydrogen (secondary N) is 1. The summed E-state index contributed by atoms with van der Waals surface area (Å²) in [5.74, 6) is 2.40. The highest BCUT2D eigenvalue weighted by atomic mass is 127. The molecule has 1 N–H and O–H groups in total. The van der Waals surface area contributed by atoms with Gasteiger partial charge in [0.05, 0.1) is 19.6 Å². The second-order valence-corrected chi connectivity index (χ2v) is 8.51. The lowest BCUT2D eigenvalue weighted by Gasteiger charge is -2.38. The Hall–Kier alpha value is -0.570. The van der Waals surface area contributed by atoms with Crippen LogP contribution < -0.4 is 5.32 Å². The Morgan fingerprint density at radius 2 is 1.75 bits per heavy atom. The molecule has 2 fully saturated rings.